The third-order valence-electron chi connectivity index (χ3n) is 5.82. The van der Waals surface area contributed by atoms with Gasteiger partial charge in [-0.05, 0) is 34.7 Å². The van der Waals surface area contributed by atoms with Gasteiger partial charge in [-0.3, -0.25) is 9.48 Å². The second kappa shape index (κ2) is 8.72. The van der Waals surface area contributed by atoms with Crippen molar-refractivity contribution < 1.29 is 0 Å². The molecule has 2 heterocycles. The molecule has 0 aliphatic heterocycles. The van der Waals surface area contributed by atoms with Gasteiger partial charge in [-0.15, -0.1) is 12.4 Å². The van der Waals surface area contributed by atoms with Crippen LogP contribution in [0.5, 0.6) is 0 Å². The fourth-order valence-corrected chi connectivity index (χ4v) is 4.53. The van der Waals surface area contributed by atoms with Crippen molar-refractivity contribution in [2.75, 3.05) is 0 Å². The molecule has 6 nitrogen and oxygen atoms in total. The van der Waals surface area contributed by atoms with Gasteiger partial charge in [0.25, 0.3) is 5.56 Å². The Morgan fingerprint density at radius 2 is 1.85 bits per heavy atom. The molecule has 164 valence electrons. The van der Waals surface area contributed by atoms with Crippen LogP contribution >= 0.6 is 24.0 Å². The zero-order chi connectivity index (χ0) is 22.4. The van der Waals surface area contributed by atoms with Gasteiger partial charge in [-0.2, -0.15) is 10.4 Å². The van der Waals surface area contributed by atoms with E-state index in [1.807, 2.05) is 49.5 Å². The first kappa shape index (κ1) is 22.6. The number of halogens is 2. The molecule has 3 aromatic carbocycles. The molecule has 5 aromatic rings. The van der Waals surface area contributed by atoms with Gasteiger partial charge in [-0.25, -0.2) is 0 Å². The predicted molar refractivity (Wildman–Crippen MR) is 135 cm³/mol. The zero-order valence-electron chi connectivity index (χ0n) is 17.6. The molecule has 2 aromatic heterocycles. The van der Waals surface area contributed by atoms with E-state index in [4.69, 9.17) is 17.3 Å². The molecule has 0 spiro atoms. The SMILES string of the molecule is Cl.Cn1ncc(-c2ccc3c(=O)[nH]cc(CN)c3c2)c1-c1cc(Cl)c2ccccc2c1C#N. The number of nitrogens with one attached hydrogen (secondary N) is 1. The van der Waals surface area contributed by atoms with Crippen molar-refractivity contribution >= 4 is 45.6 Å². The molecule has 3 N–H and O–H groups in total. The summed E-state index contributed by atoms with van der Waals surface area (Å²) in [7, 11) is 1.83. The molecule has 0 aliphatic rings. The van der Waals surface area contributed by atoms with Crippen LogP contribution in [0.25, 0.3) is 43.9 Å². The maximum Gasteiger partial charge on any atom is 0.255 e. The predicted octanol–water partition coefficient (Wildman–Crippen LogP) is 5.15. The number of nitrogens with zero attached hydrogens (tertiary/aromatic N) is 3. The number of pyridine rings is 1. The average Bonchev–Trinajstić information content (AvgIpc) is 3.20. The standard InChI is InChI=1S/C25H18ClN5O.ClH/c1-31-24(20-9-23(26)17-5-3-2-4-16(17)21(20)11-28)22(13-30-31)14-6-7-18-19(8-14)15(10-27)12-29-25(18)32;/h2-9,12-13H,10,27H2,1H3,(H,29,32);1H. The molecular weight excluding hydrogens is 457 g/mol. The lowest BCUT2D eigenvalue weighted by Crippen LogP contribution is -2.09. The number of hydrogen-bond acceptors (Lipinski definition) is 4. The highest BCUT2D eigenvalue weighted by atomic mass is 35.5. The third kappa shape index (κ3) is 3.57. The van der Waals surface area contributed by atoms with Crippen LogP contribution in [0.1, 0.15) is 11.1 Å². The lowest BCUT2D eigenvalue weighted by molar-refractivity contribution is 0.776. The van der Waals surface area contributed by atoms with Crippen molar-refractivity contribution in [3.05, 3.63) is 87.4 Å². The topological polar surface area (TPSA) is 100 Å². The molecular formula is C25H19Cl2N5O. The molecule has 0 amide bonds. The first-order valence-electron chi connectivity index (χ1n) is 10.0. The minimum Gasteiger partial charge on any atom is -0.328 e. The second-order valence-electron chi connectivity index (χ2n) is 7.58. The summed E-state index contributed by atoms with van der Waals surface area (Å²) in [6.45, 7) is 0.301. The Hall–Kier alpha value is -3.63. The molecule has 0 unspecified atom stereocenters. The fraction of sp³-hybridized carbons (Fsp3) is 0.0800. The van der Waals surface area contributed by atoms with Gasteiger partial charge in [0.15, 0.2) is 0 Å². The third-order valence-corrected chi connectivity index (χ3v) is 6.13. The number of hydrogen-bond donors (Lipinski definition) is 2. The Morgan fingerprint density at radius 1 is 1.09 bits per heavy atom. The molecule has 8 heteroatoms. The highest BCUT2D eigenvalue weighted by Gasteiger charge is 2.20. The molecule has 0 atom stereocenters. The van der Waals surface area contributed by atoms with Gasteiger partial charge >= 0.3 is 0 Å². The van der Waals surface area contributed by atoms with E-state index < -0.39 is 0 Å². The minimum atomic E-state index is -0.164. The van der Waals surface area contributed by atoms with Gasteiger partial charge in [-0.1, -0.05) is 41.9 Å². The number of fused-ring (bicyclic) bond motifs is 2. The average molecular weight is 476 g/mol. The number of nitriles is 1. The summed E-state index contributed by atoms with van der Waals surface area (Å²) < 4.78 is 1.74. The number of aromatic amines is 1. The lowest BCUT2D eigenvalue weighted by Gasteiger charge is -2.13. The largest absolute Gasteiger partial charge is 0.328 e. The van der Waals surface area contributed by atoms with Crippen molar-refractivity contribution in [2.24, 2.45) is 12.8 Å². The summed E-state index contributed by atoms with van der Waals surface area (Å²) in [6, 6.07) is 17.4. The van der Waals surface area contributed by atoms with E-state index in [1.165, 1.54) is 0 Å². The maximum atomic E-state index is 12.3. The Labute approximate surface area is 200 Å². The number of nitrogens with two attached hydrogens (primary N) is 1. The Kier molecular flexibility index (Phi) is 5.96. The van der Waals surface area contributed by atoms with Crippen LogP contribution in [0.15, 0.2) is 65.7 Å². The summed E-state index contributed by atoms with van der Waals surface area (Å²) in [4.78, 5) is 15.0. The zero-order valence-corrected chi connectivity index (χ0v) is 19.2. The van der Waals surface area contributed by atoms with E-state index in [9.17, 15) is 10.1 Å². The van der Waals surface area contributed by atoms with Crippen molar-refractivity contribution in [3.8, 4) is 28.5 Å². The van der Waals surface area contributed by atoms with Gasteiger partial charge in [0.2, 0.25) is 0 Å². The normalized spacial score (nSPS) is 10.8. The summed E-state index contributed by atoms with van der Waals surface area (Å²) >= 11 is 6.60. The van der Waals surface area contributed by atoms with Crippen molar-refractivity contribution in [1.82, 2.24) is 14.8 Å². The quantitative estimate of drug-likeness (QED) is 0.376. The smallest absolute Gasteiger partial charge is 0.255 e. The Bertz CT molecular complexity index is 1630. The van der Waals surface area contributed by atoms with Crippen molar-refractivity contribution in [3.63, 3.8) is 0 Å². The van der Waals surface area contributed by atoms with Crippen LogP contribution < -0.4 is 11.3 Å². The lowest BCUT2D eigenvalue weighted by atomic mass is 9.93. The molecule has 33 heavy (non-hydrogen) atoms. The molecule has 0 fully saturated rings. The molecule has 5 rings (SSSR count). The van der Waals surface area contributed by atoms with E-state index in [0.29, 0.717) is 28.1 Å². The van der Waals surface area contributed by atoms with Crippen LogP contribution in [0.2, 0.25) is 5.02 Å². The van der Waals surface area contributed by atoms with Crippen LogP contribution in [-0.2, 0) is 13.6 Å². The monoisotopic (exact) mass is 475 g/mol. The number of H-pyrrole nitrogens is 1. The first-order valence-corrected chi connectivity index (χ1v) is 10.4. The molecule has 0 aliphatic carbocycles. The summed E-state index contributed by atoms with van der Waals surface area (Å²) in [5, 5.41) is 18.0. The van der Waals surface area contributed by atoms with E-state index in [-0.39, 0.29) is 18.0 Å². The summed E-state index contributed by atoms with van der Waals surface area (Å²) in [5.74, 6) is 0. The second-order valence-corrected chi connectivity index (χ2v) is 7.98. The highest BCUT2D eigenvalue weighted by Crippen LogP contribution is 2.39. The summed E-state index contributed by atoms with van der Waals surface area (Å²) in [5.41, 5.74) is 10.3. The highest BCUT2D eigenvalue weighted by molar-refractivity contribution is 6.36. The van der Waals surface area contributed by atoms with E-state index in [1.54, 1.807) is 23.1 Å². The molecule has 0 saturated carbocycles. The number of aromatic nitrogens is 3. The van der Waals surface area contributed by atoms with Crippen molar-refractivity contribution in [2.45, 2.75) is 6.54 Å². The van der Waals surface area contributed by atoms with Gasteiger partial charge < -0.3 is 10.7 Å². The van der Waals surface area contributed by atoms with Gasteiger partial charge in [0, 0.05) is 52.1 Å². The maximum absolute atomic E-state index is 12.3. The van der Waals surface area contributed by atoms with Crippen molar-refractivity contribution in [1.29, 1.82) is 5.26 Å². The van der Waals surface area contributed by atoms with Crippen LogP contribution in [0, 0.1) is 11.3 Å². The van der Waals surface area contributed by atoms with Crippen LogP contribution in [0.3, 0.4) is 0 Å². The molecule has 0 radical (unpaired) electrons. The van der Waals surface area contributed by atoms with Crippen LogP contribution in [-0.4, -0.2) is 14.8 Å². The van der Waals surface area contributed by atoms with E-state index in [0.717, 1.165) is 38.5 Å². The fourth-order valence-electron chi connectivity index (χ4n) is 4.26. The molecule has 0 saturated heterocycles. The number of aryl methyl sites for hydroxylation is 1. The molecule has 0 bridgehead atoms. The van der Waals surface area contributed by atoms with Gasteiger partial charge in [0.1, 0.15) is 6.07 Å². The van der Waals surface area contributed by atoms with E-state index in [2.05, 4.69) is 16.2 Å². The number of rotatable bonds is 3. The minimum absolute atomic E-state index is 0. The summed E-state index contributed by atoms with van der Waals surface area (Å²) in [6.07, 6.45) is 3.41. The first-order chi connectivity index (χ1) is 15.5. The van der Waals surface area contributed by atoms with Crippen LogP contribution in [0.4, 0.5) is 0 Å². The van der Waals surface area contributed by atoms with E-state index >= 15 is 0 Å². The van der Waals surface area contributed by atoms with Gasteiger partial charge in [0.05, 0.1) is 17.5 Å². The Morgan fingerprint density at radius 3 is 2.58 bits per heavy atom. The Balaban J connectivity index is 0.00000259. The number of benzene rings is 3.